The highest BCUT2D eigenvalue weighted by molar-refractivity contribution is 7.89. The second-order valence-corrected chi connectivity index (χ2v) is 7.01. The van der Waals surface area contributed by atoms with Gasteiger partial charge in [-0.15, -0.1) is 0 Å². The molecule has 0 amide bonds. The molecule has 0 saturated carbocycles. The van der Waals surface area contributed by atoms with E-state index in [-0.39, 0.29) is 17.3 Å². The van der Waals surface area contributed by atoms with E-state index >= 15 is 0 Å². The van der Waals surface area contributed by atoms with Crippen LogP contribution < -0.4 is 14.2 Å². The van der Waals surface area contributed by atoms with E-state index in [1.807, 2.05) is 0 Å². The van der Waals surface area contributed by atoms with Crippen molar-refractivity contribution in [2.24, 2.45) is 0 Å². The molecule has 3 rings (SSSR count). The minimum Gasteiger partial charge on any atom is -0.497 e. The lowest BCUT2D eigenvalue weighted by molar-refractivity contribution is 0.376. The van der Waals surface area contributed by atoms with E-state index in [9.17, 15) is 8.42 Å². The molecule has 0 radical (unpaired) electrons. The van der Waals surface area contributed by atoms with Gasteiger partial charge in [-0.2, -0.15) is 4.98 Å². The number of sulfonamides is 1. The Morgan fingerprint density at radius 3 is 2.12 bits per heavy atom. The Bertz CT molecular complexity index is 966. The van der Waals surface area contributed by atoms with Crippen molar-refractivity contribution in [3.8, 4) is 22.9 Å². The lowest BCUT2D eigenvalue weighted by Crippen LogP contribution is -2.23. The van der Waals surface area contributed by atoms with Crippen molar-refractivity contribution in [2.75, 3.05) is 14.2 Å². The maximum atomic E-state index is 12.3. The molecular formula is C17H17N3O5S. The first-order valence-electron chi connectivity index (χ1n) is 7.62. The fourth-order valence-corrected chi connectivity index (χ4v) is 3.15. The summed E-state index contributed by atoms with van der Waals surface area (Å²) in [6.07, 6.45) is 0. The molecular weight excluding hydrogens is 358 g/mol. The Morgan fingerprint density at radius 2 is 1.54 bits per heavy atom. The minimum absolute atomic E-state index is 0.114. The van der Waals surface area contributed by atoms with Crippen LogP contribution in [0.15, 0.2) is 57.9 Å². The maximum Gasteiger partial charge on any atom is 0.242 e. The topological polar surface area (TPSA) is 104 Å². The average molecular weight is 375 g/mol. The summed E-state index contributed by atoms with van der Waals surface area (Å²) in [7, 11) is -0.606. The molecule has 0 spiro atoms. The molecule has 2 aromatic carbocycles. The lowest BCUT2D eigenvalue weighted by atomic mass is 10.2. The van der Waals surface area contributed by atoms with E-state index in [0.29, 0.717) is 17.3 Å². The van der Waals surface area contributed by atoms with Crippen LogP contribution in [0.25, 0.3) is 11.4 Å². The van der Waals surface area contributed by atoms with Crippen molar-refractivity contribution in [1.82, 2.24) is 14.9 Å². The van der Waals surface area contributed by atoms with Crippen LogP contribution in [-0.2, 0) is 16.6 Å². The molecule has 0 saturated heterocycles. The van der Waals surface area contributed by atoms with E-state index in [0.717, 1.165) is 5.56 Å². The molecule has 1 aromatic heterocycles. The van der Waals surface area contributed by atoms with Gasteiger partial charge in [-0.25, -0.2) is 13.1 Å². The molecule has 0 fully saturated rings. The standard InChI is InChI=1S/C17H17N3O5S/c1-23-13-5-3-12(4-6-13)17-19-16(25-20-17)11-18-26(21,22)15-9-7-14(24-2)8-10-15/h3-10,18H,11H2,1-2H3. The van der Waals surface area contributed by atoms with E-state index in [1.165, 1.54) is 19.2 Å². The number of aromatic nitrogens is 2. The van der Waals surface area contributed by atoms with Crippen LogP contribution >= 0.6 is 0 Å². The van der Waals surface area contributed by atoms with Crippen LogP contribution in [0, 0.1) is 0 Å². The third kappa shape index (κ3) is 4.01. The van der Waals surface area contributed by atoms with Crippen molar-refractivity contribution in [1.29, 1.82) is 0 Å². The molecule has 136 valence electrons. The van der Waals surface area contributed by atoms with E-state index in [2.05, 4.69) is 14.9 Å². The van der Waals surface area contributed by atoms with Gasteiger partial charge in [0.15, 0.2) is 0 Å². The van der Waals surface area contributed by atoms with Crippen molar-refractivity contribution < 1.29 is 22.4 Å². The number of nitrogens with zero attached hydrogens (tertiary/aromatic N) is 2. The number of hydrogen-bond donors (Lipinski definition) is 1. The molecule has 0 aliphatic carbocycles. The first kappa shape index (κ1) is 17.9. The first-order valence-corrected chi connectivity index (χ1v) is 9.11. The number of methoxy groups -OCH3 is 2. The van der Waals surface area contributed by atoms with Crippen LogP contribution in [0.1, 0.15) is 5.89 Å². The number of rotatable bonds is 7. The zero-order valence-electron chi connectivity index (χ0n) is 14.2. The quantitative estimate of drug-likeness (QED) is 0.675. The molecule has 0 unspecified atom stereocenters. The molecule has 0 aliphatic rings. The Kier molecular flexibility index (Phi) is 5.19. The van der Waals surface area contributed by atoms with Gasteiger partial charge in [0.05, 0.1) is 25.7 Å². The molecule has 0 aliphatic heterocycles. The van der Waals surface area contributed by atoms with Gasteiger partial charge in [0.25, 0.3) is 0 Å². The van der Waals surface area contributed by atoms with Gasteiger partial charge in [-0.05, 0) is 48.5 Å². The summed E-state index contributed by atoms with van der Waals surface area (Å²) in [5.74, 6) is 1.81. The smallest absolute Gasteiger partial charge is 0.242 e. The summed E-state index contributed by atoms with van der Waals surface area (Å²) in [4.78, 5) is 4.31. The predicted octanol–water partition coefficient (Wildman–Crippen LogP) is 2.23. The molecule has 1 heterocycles. The van der Waals surface area contributed by atoms with Gasteiger partial charge in [0.2, 0.25) is 21.7 Å². The highest BCUT2D eigenvalue weighted by atomic mass is 32.2. The summed E-state index contributed by atoms with van der Waals surface area (Å²) >= 11 is 0. The Hall–Kier alpha value is -2.91. The van der Waals surface area contributed by atoms with Crippen molar-refractivity contribution in [2.45, 2.75) is 11.4 Å². The third-order valence-corrected chi connectivity index (χ3v) is 5.02. The lowest BCUT2D eigenvalue weighted by Gasteiger charge is -2.05. The summed E-state index contributed by atoms with van der Waals surface area (Å²) in [5.41, 5.74) is 0.735. The first-order chi connectivity index (χ1) is 12.5. The number of benzene rings is 2. The highest BCUT2D eigenvalue weighted by Gasteiger charge is 2.16. The van der Waals surface area contributed by atoms with Crippen LogP contribution in [-0.4, -0.2) is 32.8 Å². The number of ether oxygens (including phenoxy) is 2. The number of nitrogens with one attached hydrogen (secondary N) is 1. The number of hydrogen-bond acceptors (Lipinski definition) is 7. The van der Waals surface area contributed by atoms with Crippen molar-refractivity contribution >= 4 is 10.0 Å². The van der Waals surface area contributed by atoms with Crippen molar-refractivity contribution in [3.05, 3.63) is 54.4 Å². The average Bonchev–Trinajstić information content (AvgIpc) is 3.16. The van der Waals surface area contributed by atoms with Crippen LogP contribution in [0.5, 0.6) is 11.5 Å². The molecule has 0 atom stereocenters. The van der Waals surface area contributed by atoms with E-state index in [4.69, 9.17) is 14.0 Å². The summed E-state index contributed by atoms with van der Waals surface area (Å²) in [6, 6.07) is 13.2. The Labute approximate surface area is 150 Å². The van der Waals surface area contributed by atoms with Gasteiger partial charge in [-0.1, -0.05) is 5.16 Å². The van der Waals surface area contributed by atoms with Gasteiger partial charge in [-0.3, -0.25) is 0 Å². The maximum absolute atomic E-state index is 12.3. The second kappa shape index (κ2) is 7.54. The molecule has 9 heteroatoms. The van der Waals surface area contributed by atoms with E-state index in [1.54, 1.807) is 43.5 Å². The van der Waals surface area contributed by atoms with E-state index < -0.39 is 10.0 Å². The fourth-order valence-electron chi connectivity index (χ4n) is 2.18. The molecule has 26 heavy (non-hydrogen) atoms. The molecule has 1 N–H and O–H groups in total. The van der Waals surface area contributed by atoms with Gasteiger partial charge in [0.1, 0.15) is 11.5 Å². The zero-order chi connectivity index (χ0) is 18.6. The summed E-state index contributed by atoms with van der Waals surface area (Å²) < 4.78 is 42.2. The Balaban J connectivity index is 1.68. The largest absolute Gasteiger partial charge is 0.497 e. The molecule has 0 bridgehead atoms. The highest BCUT2D eigenvalue weighted by Crippen LogP contribution is 2.20. The molecule has 3 aromatic rings. The predicted molar refractivity (Wildman–Crippen MR) is 93.3 cm³/mol. The van der Waals surface area contributed by atoms with Gasteiger partial charge in [0, 0.05) is 5.56 Å². The monoisotopic (exact) mass is 375 g/mol. The molecule has 8 nitrogen and oxygen atoms in total. The fraction of sp³-hybridized carbons (Fsp3) is 0.176. The SMILES string of the molecule is COc1ccc(-c2noc(CNS(=O)(=O)c3ccc(OC)cc3)n2)cc1. The van der Waals surface area contributed by atoms with Gasteiger partial charge >= 0.3 is 0 Å². The van der Waals surface area contributed by atoms with Crippen molar-refractivity contribution in [3.63, 3.8) is 0 Å². The van der Waals surface area contributed by atoms with Crippen LogP contribution in [0.2, 0.25) is 0 Å². The summed E-state index contributed by atoms with van der Waals surface area (Å²) in [5, 5.41) is 3.86. The van der Waals surface area contributed by atoms with Crippen LogP contribution in [0.4, 0.5) is 0 Å². The third-order valence-electron chi connectivity index (χ3n) is 3.60. The second-order valence-electron chi connectivity index (χ2n) is 5.24. The zero-order valence-corrected chi connectivity index (χ0v) is 15.0. The van der Waals surface area contributed by atoms with Gasteiger partial charge < -0.3 is 14.0 Å². The summed E-state index contributed by atoms with van der Waals surface area (Å²) in [6.45, 7) is -0.114. The van der Waals surface area contributed by atoms with Crippen LogP contribution in [0.3, 0.4) is 0 Å². The Morgan fingerprint density at radius 1 is 0.962 bits per heavy atom. The normalized spacial score (nSPS) is 11.3. The minimum atomic E-state index is -3.70.